The van der Waals surface area contributed by atoms with E-state index in [1.165, 1.54) is 25.2 Å². The number of carbonyl (C=O) groups excluding carboxylic acids is 2. The zero-order valence-electron chi connectivity index (χ0n) is 12.0. The van der Waals surface area contributed by atoms with Crippen LogP contribution in [0, 0.1) is 0 Å². The summed E-state index contributed by atoms with van der Waals surface area (Å²) in [7, 11) is 2.79. The van der Waals surface area contributed by atoms with Crippen LogP contribution in [0.4, 0.5) is 5.69 Å². The van der Waals surface area contributed by atoms with Gasteiger partial charge in [-0.05, 0) is 18.2 Å². The second-order valence-electron chi connectivity index (χ2n) is 4.57. The molecule has 0 aromatic heterocycles. The fraction of sp³-hybridized carbons (Fsp3) is 0.429. The summed E-state index contributed by atoms with van der Waals surface area (Å²) in [5.74, 6) is -0.286. The van der Waals surface area contributed by atoms with Gasteiger partial charge in [-0.15, -0.1) is 0 Å². The normalized spacial score (nSPS) is 18.2. The molecule has 1 aliphatic rings. The number of hydrogen-bond donors (Lipinski definition) is 1. The van der Waals surface area contributed by atoms with Gasteiger partial charge in [0.25, 0.3) is 5.91 Å². The Balaban J connectivity index is 2.24. The lowest BCUT2D eigenvalue weighted by Gasteiger charge is -2.33. The van der Waals surface area contributed by atoms with E-state index in [-0.39, 0.29) is 12.5 Å². The van der Waals surface area contributed by atoms with Crippen LogP contribution in [0.5, 0.6) is 5.75 Å². The van der Waals surface area contributed by atoms with Crippen molar-refractivity contribution in [3.63, 3.8) is 0 Å². The fourth-order valence-corrected chi connectivity index (χ4v) is 2.21. The van der Waals surface area contributed by atoms with Crippen molar-refractivity contribution in [1.82, 2.24) is 4.90 Å². The molecule has 21 heavy (non-hydrogen) atoms. The maximum atomic E-state index is 12.5. The molecule has 1 saturated heterocycles. The molecule has 1 heterocycles. The van der Waals surface area contributed by atoms with Gasteiger partial charge in [-0.2, -0.15) is 0 Å². The molecule has 7 heteroatoms. The largest absolute Gasteiger partial charge is 0.495 e. The van der Waals surface area contributed by atoms with E-state index in [4.69, 9.17) is 19.9 Å². The van der Waals surface area contributed by atoms with Gasteiger partial charge in [-0.1, -0.05) is 0 Å². The van der Waals surface area contributed by atoms with Crippen LogP contribution in [0.3, 0.4) is 0 Å². The SMILES string of the molecule is COC(=O)C1COCCN1C(=O)c1ccc(OC)c(N)c1. The molecule has 1 atom stereocenters. The smallest absolute Gasteiger partial charge is 0.331 e. The maximum Gasteiger partial charge on any atom is 0.331 e. The Morgan fingerprint density at radius 2 is 2.14 bits per heavy atom. The summed E-state index contributed by atoms with van der Waals surface area (Å²) in [6.45, 7) is 0.833. The second kappa shape index (κ2) is 6.45. The molecule has 7 nitrogen and oxygen atoms in total. The predicted octanol–water partition coefficient (Wildman–Crippen LogP) is 0.291. The highest BCUT2D eigenvalue weighted by Gasteiger charge is 2.34. The molecule has 0 aliphatic carbocycles. The quantitative estimate of drug-likeness (QED) is 0.636. The Labute approximate surface area is 122 Å². The maximum absolute atomic E-state index is 12.5. The van der Waals surface area contributed by atoms with E-state index in [0.29, 0.717) is 30.2 Å². The van der Waals surface area contributed by atoms with E-state index in [1.807, 2.05) is 0 Å². The van der Waals surface area contributed by atoms with E-state index >= 15 is 0 Å². The van der Waals surface area contributed by atoms with Gasteiger partial charge >= 0.3 is 5.97 Å². The van der Waals surface area contributed by atoms with Crippen molar-refractivity contribution < 1.29 is 23.8 Å². The molecule has 1 amide bonds. The third-order valence-corrected chi connectivity index (χ3v) is 3.34. The molecule has 1 aromatic rings. The first-order valence-electron chi connectivity index (χ1n) is 6.48. The number of rotatable bonds is 3. The number of nitrogens with two attached hydrogens (primary N) is 1. The Kier molecular flexibility index (Phi) is 4.64. The lowest BCUT2D eigenvalue weighted by molar-refractivity contribution is -0.151. The first kappa shape index (κ1) is 15.1. The Hall–Kier alpha value is -2.28. The van der Waals surface area contributed by atoms with Crippen molar-refractivity contribution in [2.75, 3.05) is 39.7 Å². The number of esters is 1. The minimum absolute atomic E-state index is 0.129. The molecule has 2 N–H and O–H groups in total. The average molecular weight is 294 g/mol. The number of nitrogens with zero attached hydrogens (tertiary/aromatic N) is 1. The predicted molar refractivity (Wildman–Crippen MR) is 75.1 cm³/mol. The lowest BCUT2D eigenvalue weighted by Crippen LogP contribution is -2.53. The van der Waals surface area contributed by atoms with Gasteiger partial charge in [-0.3, -0.25) is 4.79 Å². The van der Waals surface area contributed by atoms with Gasteiger partial charge < -0.3 is 24.8 Å². The Morgan fingerprint density at radius 1 is 1.38 bits per heavy atom. The van der Waals surface area contributed by atoms with Crippen LogP contribution in [-0.2, 0) is 14.3 Å². The van der Waals surface area contributed by atoms with Crippen molar-refractivity contribution in [2.24, 2.45) is 0 Å². The molecule has 1 aliphatic heterocycles. The topological polar surface area (TPSA) is 91.1 Å². The van der Waals surface area contributed by atoms with Gasteiger partial charge in [0, 0.05) is 12.1 Å². The second-order valence-corrected chi connectivity index (χ2v) is 4.57. The number of carbonyl (C=O) groups is 2. The minimum Gasteiger partial charge on any atom is -0.495 e. The van der Waals surface area contributed by atoms with E-state index in [2.05, 4.69) is 0 Å². The number of anilines is 1. The summed E-state index contributed by atoms with van der Waals surface area (Å²) >= 11 is 0. The fourth-order valence-electron chi connectivity index (χ4n) is 2.21. The van der Waals surface area contributed by atoms with Gasteiger partial charge in [0.15, 0.2) is 6.04 Å². The van der Waals surface area contributed by atoms with Gasteiger partial charge in [0.2, 0.25) is 0 Å². The summed E-state index contributed by atoms with van der Waals surface area (Å²) in [6.07, 6.45) is 0. The summed E-state index contributed by atoms with van der Waals surface area (Å²) in [5.41, 5.74) is 6.57. The zero-order valence-corrected chi connectivity index (χ0v) is 12.0. The standard InChI is InChI=1S/C14H18N2O5/c1-19-12-4-3-9(7-10(12)15)13(17)16-5-6-21-8-11(16)14(18)20-2/h3-4,7,11H,5-6,8,15H2,1-2H3. The Bertz CT molecular complexity index is 546. The highest BCUT2D eigenvalue weighted by Crippen LogP contribution is 2.23. The Morgan fingerprint density at radius 3 is 2.76 bits per heavy atom. The summed E-state index contributed by atoms with van der Waals surface area (Å²) in [6, 6.07) is 4.03. The molecule has 1 fully saturated rings. The molecule has 0 spiro atoms. The van der Waals surface area contributed by atoms with Crippen molar-refractivity contribution in [3.8, 4) is 5.75 Å². The first-order valence-corrected chi connectivity index (χ1v) is 6.48. The van der Waals surface area contributed by atoms with E-state index in [1.54, 1.807) is 12.1 Å². The number of benzene rings is 1. The molecule has 114 valence electrons. The molecule has 1 aromatic carbocycles. The van der Waals surface area contributed by atoms with Crippen LogP contribution in [0.2, 0.25) is 0 Å². The van der Waals surface area contributed by atoms with Crippen molar-refractivity contribution in [2.45, 2.75) is 6.04 Å². The third-order valence-electron chi connectivity index (χ3n) is 3.34. The van der Waals surface area contributed by atoms with Crippen LogP contribution in [-0.4, -0.2) is 56.8 Å². The van der Waals surface area contributed by atoms with Gasteiger partial charge in [0.05, 0.1) is 33.1 Å². The van der Waals surface area contributed by atoms with Crippen molar-refractivity contribution >= 4 is 17.6 Å². The lowest BCUT2D eigenvalue weighted by atomic mass is 10.1. The molecular weight excluding hydrogens is 276 g/mol. The number of methoxy groups -OCH3 is 2. The highest BCUT2D eigenvalue weighted by atomic mass is 16.5. The zero-order chi connectivity index (χ0) is 15.4. The summed E-state index contributed by atoms with van der Waals surface area (Å²) < 4.78 is 15.0. The molecular formula is C14H18N2O5. The average Bonchev–Trinajstić information content (AvgIpc) is 2.53. The monoisotopic (exact) mass is 294 g/mol. The number of morpholine rings is 1. The molecule has 0 bridgehead atoms. The van der Waals surface area contributed by atoms with Crippen LogP contribution < -0.4 is 10.5 Å². The van der Waals surface area contributed by atoms with Crippen LogP contribution >= 0.6 is 0 Å². The van der Waals surface area contributed by atoms with Gasteiger partial charge in [-0.25, -0.2) is 4.79 Å². The first-order chi connectivity index (χ1) is 10.1. The number of ether oxygens (including phenoxy) is 3. The van der Waals surface area contributed by atoms with Crippen LogP contribution in [0.15, 0.2) is 18.2 Å². The van der Waals surface area contributed by atoms with E-state index < -0.39 is 12.0 Å². The summed E-state index contributed by atoms with van der Waals surface area (Å²) in [5, 5.41) is 0. The van der Waals surface area contributed by atoms with Gasteiger partial charge in [0.1, 0.15) is 5.75 Å². The minimum atomic E-state index is -0.737. The van der Waals surface area contributed by atoms with Crippen molar-refractivity contribution in [3.05, 3.63) is 23.8 Å². The highest BCUT2D eigenvalue weighted by molar-refractivity contribution is 5.98. The van der Waals surface area contributed by atoms with E-state index in [0.717, 1.165) is 0 Å². The molecule has 1 unspecified atom stereocenters. The molecule has 2 rings (SSSR count). The molecule has 0 radical (unpaired) electrons. The van der Waals surface area contributed by atoms with E-state index in [9.17, 15) is 9.59 Å². The number of hydrogen-bond acceptors (Lipinski definition) is 6. The number of amides is 1. The van der Waals surface area contributed by atoms with Crippen LogP contribution in [0.25, 0.3) is 0 Å². The van der Waals surface area contributed by atoms with Crippen LogP contribution in [0.1, 0.15) is 10.4 Å². The van der Waals surface area contributed by atoms with Crippen molar-refractivity contribution in [1.29, 1.82) is 0 Å². The summed E-state index contributed by atoms with van der Waals surface area (Å²) in [4.78, 5) is 25.7. The molecule has 0 saturated carbocycles. The number of nitrogen functional groups attached to an aromatic ring is 1. The third kappa shape index (κ3) is 3.08.